The number of nitro benzene ring substituents is 1. The number of ether oxygens (including phenoxy) is 1. The predicted octanol–water partition coefficient (Wildman–Crippen LogP) is 4.68. The fraction of sp³-hybridized carbons (Fsp3) is 0.143. The first kappa shape index (κ1) is 15.9. The summed E-state index contributed by atoms with van der Waals surface area (Å²) in [5.74, 6) is 0.719. The van der Waals surface area contributed by atoms with Crippen molar-refractivity contribution in [3.63, 3.8) is 0 Å². The van der Waals surface area contributed by atoms with Gasteiger partial charge in [-0.1, -0.05) is 37.9 Å². The second-order valence-corrected chi connectivity index (χ2v) is 6.22. The van der Waals surface area contributed by atoms with Crippen molar-refractivity contribution in [2.75, 3.05) is 0 Å². The van der Waals surface area contributed by atoms with Gasteiger partial charge in [-0.25, -0.2) is 0 Å². The first-order valence-corrected chi connectivity index (χ1v) is 7.62. The van der Waals surface area contributed by atoms with Gasteiger partial charge in [-0.05, 0) is 30.7 Å². The van der Waals surface area contributed by atoms with Crippen molar-refractivity contribution in [1.29, 1.82) is 0 Å². The molecule has 7 heteroatoms. The Bertz CT molecular complexity index is 705. The van der Waals surface area contributed by atoms with Crippen LogP contribution in [0.5, 0.6) is 11.5 Å². The van der Waals surface area contributed by atoms with Crippen LogP contribution in [0.1, 0.15) is 11.1 Å². The predicted molar refractivity (Wildman–Crippen MR) is 87.6 cm³/mol. The number of nitro groups is 1. The third kappa shape index (κ3) is 3.61. The van der Waals surface area contributed by atoms with E-state index in [4.69, 9.17) is 10.5 Å². The average Bonchev–Trinajstić information content (AvgIpc) is 2.41. The molecule has 0 heterocycles. The Labute approximate surface area is 138 Å². The normalized spacial score (nSPS) is 10.5. The topological polar surface area (TPSA) is 78.4 Å². The molecule has 2 aromatic rings. The summed E-state index contributed by atoms with van der Waals surface area (Å²) in [4.78, 5) is 10.7. The maximum atomic E-state index is 11.2. The van der Waals surface area contributed by atoms with E-state index in [-0.39, 0.29) is 18.0 Å². The Morgan fingerprint density at radius 1 is 1.24 bits per heavy atom. The highest BCUT2D eigenvalue weighted by molar-refractivity contribution is 9.10. The second-order valence-electron chi connectivity index (χ2n) is 4.39. The van der Waals surface area contributed by atoms with Gasteiger partial charge in [0.05, 0.1) is 4.92 Å². The summed E-state index contributed by atoms with van der Waals surface area (Å²) in [5.41, 5.74) is 7.02. The zero-order valence-electron chi connectivity index (χ0n) is 11.1. The number of hydrogen-bond donors (Lipinski definition) is 1. The van der Waals surface area contributed by atoms with E-state index in [2.05, 4.69) is 31.9 Å². The fourth-order valence-corrected chi connectivity index (χ4v) is 2.78. The minimum atomic E-state index is -0.465. The molecule has 0 saturated heterocycles. The molecule has 2 rings (SSSR count). The number of halogens is 2. The van der Waals surface area contributed by atoms with Gasteiger partial charge in [0.15, 0.2) is 0 Å². The van der Waals surface area contributed by atoms with E-state index >= 15 is 0 Å². The van der Waals surface area contributed by atoms with Crippen LogP contribution in [0, 0.1) is 17.0 Å². The number of aryl methyl sites for hydroxylation is 1. The van der Waals surface area contributed by atoms with E-state index in [0.717, 1.165) is 10.0 Å². The molecule has 0 aliphatic heterocycles. The van der Waals surface area contributed by atoms with Gasteiger partial charge >= 0.3 is 5.69 Å². The zero-order chi connectivity index (χ0) is 15.6. The second kappa shape index (κ2) is 6.55. The largest absolute Gasteiger partial charge is 0.449 e. The van der Waals surface area contributed by atoms with Crippen LogP contribution in [0.3, 0.4) is 0 Å². The van der Waals surface area contributed by atoms with Crippen molar-refractivity contribution >= 4 is 37.5 Å². The molecular formula is C14H12Br2N2O3. The highest BCUT2D eigenvalue weighted by Crippen LogP contribution is 2.38. The molecule has 0 fully saturated rings. The molecule has 110 valence electrons. The molecule has 5 nitrogen and oxygen atoms in total. The third-order valence-electron chi connectivity index (χ3n) is 2.88. The SMILES string of the molecule is Cc1cc(Br)cc([N+](=O)[O-])c1Oc1cc(Br)ccc1CN. The van der Waals surface area contributed by atoms with Gasteiger partial charge < -0.3 is 10.5 Å². The van der Waals surface area contributed by atoms with Crippen LogP contribution >= 0.6 is 31.9 Å². The molecule has 0 unspecified atom stereocenters. The molecule has 0 spiro atoms. The zero-order valence-corrected chi connectivity index (χ0v) is 14.3. The van der Waals surface area contributed by atoms with Gasteiger partial charge in [-0.15, -0.1) is 0 Å². The Morgan fingerprint density at radius 2 is 1.95 bits per heavy atom. The summed E-state index contributed by atoms with van der Waals surface area (Å²) >= 11 is 6.61. The van der Waals surface area contributed by atoms with E-state index in [9.17, 15) is 10.1 Å². The molecule has 0 bridgehead atoms. The van der Waals surface area contributed by atoms with Gasteiger partial charge in [-0.2, -0.15) is 0 Å². The van der Waals surface area contributed by atoms with Crippen LogP contribution in [0.25, 0.3) is 0 Å². The van der Waals surface area contributed by atoms with Gasteiger partial charge in [-0.3, -0.25) is 10.1 Å². The lowest BCUT2D eigenvalue weighted by atomic mass is 10.1. The first-order chi connectivity index (χ1) is 9.92. The maximum absolute atomic E-state index is 11.2. The third-order valence-corrected chi connectivity index (χ3v) is 3.83. The van der Waals surface area contributed by atoms with Gasteiger partial charge in [0, 0.05) is 27.1 Å². The number of hydrogen-bond acceptors (Lipinski definition) is 4. The highest BCUT2D eigenvalue weighted by atomic mass is 79.9. The standard InChI is InChI=1S/C14H12Br2N2O3/c1-8-4-11(16)5-12(18(19)20)14(8)21-13-6-10(15)3-2-9(13)7-17/h2-6H,7,17H2,1H3. The monoisotopic (exact) mass is 414 g/mol. The van der Waals surface area contributed by atoms with Crippen molar-refractivity contribution < 1.29 is 9.66 Å². The lowest BCUT2D eigenvalue weighted by molar-refractivity contribution is -0.385. The molecule has 0 aliphatic carbocycles. The van der Waals surface area contributed by atoms with Crippen LogP contribution in [-0.2, 0) is 6.54 Å². The quantitative estimate of drug-likeness (QED) is 0.580. The molecule has 0 saturated carbocycles. The molecule has 0 aromatic heterocycles. The summed E-state index contributed by atoms with van der Waals surface area (Å²) in [6.07, 6.45) is 0. The van der Waals surface area contributed by atoms with Crippen LogP contribution < -0.4 is 10.5 Å². The molecule has 0 amide bonds. The first-order valence-electron chi connectivity index (χ1n) is 6.03. The van der Waals surface area contributed by atoms with Gasteiger partial charge in [0.1, 0.15) is 5.75 Å². The average molecular weight is 416 g/mol. The van der Waals surface area contributed by atoms with Gasteiger partial charge in [0.2, 0.25) is 5.75 Å². The van der Waals surface area contributed by atoms with Crippen molar-refractivity contribution in [2.45, 2.75) is 13.5 Å². The summed E-state index contributed by atoms with van der Waals surface area (Å²) in [7, 11) is 0. The van der Waals surface area contributed by atoms with E-state index in [0.29, 0.717) is 15.8 Å². The number of benzene rings is 2. The number of rotatable bonds is 4. The molecule has 21 heavy (non-hydrogen) atoms. The molecule has 0 atom stereocenters. The lowest BCUT2D eigenvalue weighted by Crippen LogP contribution is -2.01. The fourth-order valence-electron chi connectivity index (χ4n) is 1.88. The Hall–Kier alpha value is -1.44. The Balaban J connectivity index is 2.54. The lowest BCUT2D eigenvalue weighted by Gasteiger charge is -2.13. The van der Waals surface area contributed by atoms with E-state index in [1.807, 2.05) is 12.1 Å². The van der Waals surface area contributed by atoms with E-state index in [1.54, 1.807) is 19.1 Å². The van der Waals surface area contributed by atoms with Crippen LogP contribution in [0.4, 0.5) is 5.69 Å². The van der Waals surface area contributed by atoms with Crippen LogP contribution in [0.2, 0.25) is 0 Å². The smallest absolute Gasteiger partial charge is 0.312 e. The molecule has 0 aliphatic rings. The Kier molecular flexibility index (Phi) is 4.97. The molecule has 0 radical (unpaired) electrons. The summed E-state index contributed by atoms with van der Waals surface area (Å²) in [6.45, 7) is 2.04. The summed E-state index contributed by atoms with van der Waals surface area (Å²) < 4.78 is 7.23. The van der Waals surface area contributed by atoms with Crippen LogP contribution in [0.15, 0.2) is 39.3 Å². The highest BCUT2D eigenvalue weighted by Gasteiger charge is 2.20. The number of nitrogens with two attached hydrogens (primary N) is 1. The Morgan fingerprint density at radius 3 is 2.57 bits per heavy atom. The number of nitrogens with zero attached hydrogens (tertiary/aromatic N) is 1. The van der Waals surface area contributed by atoms with Crippen molar-refractivity contribution in [1.82, 2.24) is 0 Å². The van der Waals surface area contributed by atoms with Gasteiger partial charge in [0.25, 0.3) is 0 Å². The molecular weight excluding hydrogens is 404 g/mol. The maximum Gasteiger partial charge on any atom is 0.312 e. The van der Waals surface area contributed by atoms with E-state index < -0.39 is 4.92 Å². The summed E-state index contributed by atoms with van der Waals surface area (Å²) in [6, 6.07) is 8.59. The van der Waals surface area contributed by atoms with Crippen molar-refractivity contribution in [3.8, 4) is 11.5 Å². The molecule has 2 aromatic carbocycles. The van der Waals surface area contributed by atoms with Crippen LogP contribution in [-0.4, -0.2) is 4.92 Å². The summed E-state index contributed by atoms with van der Waals surface area (Å²) in [5, 5.41) is 11.2. The van der Waals surface area contributed by atoms with Crippen molar-refractivity contribution in [3.05, 3.63) is 60.5 Å². The van der Waals surface area contributed by atoms with Crippen molar-refractivity contribution in [2.24, 2.45) is 5.73 Å². The minimum absolute atomic E-state index is 0.0928. The molecule has 2 N–H and O–H groups in total. The van der Waals surface area contributed by atoms with E-state index in [1.165, 1.54) is 6.07 Å². The minimum Gasteiger partial charge on any atom is -0.449 e.